The third-order valence-electron chi connectivity index (χ3n) is 3.74. The van der Waals surface area contributed by atoms with Gasteiger partial charge < -0.3 is 5.32 Å². The van der Waals surface area contributed by atoms with Crippen LogP contribution in [0.15, 0.2) is 42.5 Å². The highest BCUT2D eigenvalue weighted by Crippen LogP contribution is 2.41. The molecular formula is C17H18ClN. The van der Waals surface area contributed by atoms with Gasteiger partial charge in [-0.05, 0) is 54.5 Å². The molecule has 98 valence electrons. The summed E-state index contributed by atoms with van der Waals surface area (Å²) in [5, 5.41) is 4.29. The van der Waals surface area contributed by atoms with Gasteiger partial charge in [-0.2, -0.15) is 0 Å². The van der Waals surface area contributed by atoms with E-state index in [9.17, 15) is 0 Å². The van der Waals surface area contributed by atoms with E-state index in [1.54, 1.807) is 0 Å². The Balaban J connectivity index is 1.77. The second-order valence-electron chi connectivity index (χ2n) is 5.29. The van der Waals surface area contributed by atoms with Gasteiger partial charge in [0.25, 0.3) is 0 Å². The maximum Gasteiger partial charge on any atom is 0.0426 e. The molecule has 0 heterocycles. The molecule has 2 aromatic carbocycles. The van der Waals surface area contributed by atoms with Crippen LogP contribution >= 0.6 is 11.6 Å². The molecule has 0 aromatic heterocycles. The summed E-state index contributed by atoms with van der Waals surface area (Å²) in [6.45, 7) is 2.97. The molecule has 0 amide bonds. The molecule has 2 heteroatoms. The molecule has 0 saturated heterocycles. The highest BCUT2D eigenvalue weighted by Gasteiger charge is 2.25. The molecule has 0 bridgehead atoms. The summed E-state index contributed by atoms with van der Waals surface area (Å²) in [5.74, 6) is 0.790. The maximum atomic E-state index is 6.05. The normalized spacial score (nSPS) is 14.4. The molecule has 1 fully saturated rings. The van der Waals surface area contributed by atoms with E-state index >= 15 is 0 Å². The largest absolute Gasteiger partial charge is 0.381 e. The van der Waals surface area contributed by atoms with E-state index < -0.39 is 0 Å². The minimum absolute atomic E-state index is 0.781. The maximum absolute atomic E-state index is 6.05. The number of rotatable bonds is 4. The zero-order valence-corrected chi connectivity index (χ0v) is 11.9. The first kappa shape index (κ1) is 12.6. The first-order chi connectivity index (χ1) is 9.24. The zero-order valence-electron chi connectivity index (χ0n) is 11.1. The molecule has 2 aromatic rings. The number of hydrogen-bond donors (Lipinski definition) is 1. The summed E-state index contributed by atoms with van der Waals surface area (Å²) in [4.78, 5) is 0. The topological polar surface area (TPSA) is 12.0 Å². The average Bonchev–Trinajstić information content (AvgIpc) is 3.25. The van der Waals surface area contributed by atoms with Crippen molar-refractivity contribution in [3.63, 3.8) is 0 Å². The van der Waals surface area contributed by atoms with Crippen LogP contribution in [0.4, 0.5) is 5.69 Å². The number of nitrogens with one attached hydrogen (secondary N) is 1. The van der Waals surface area contributed by atoms with Crippen LogP contribution in [0, 0.1) is 6.92 Å². The lowest BCUT2D eigenvalue weighted by Gasteiger charge is -2.13. The van der Waals surface area contributed by atoms with Crippen LogP contribution in [0.25, 0.3) is 0 Å². The Morgan fingerprint density at radius 3 is 2.74 bits per heavy atom. The predicted molar refractivity (Wildman–Crippen MR) is 81.9 cm³/mol. The van der Waals surface area contributed by atoms with Gasteiger partial charge in [0, 0.05) is 17.3 Å². The van der Waals surface area contributed by atoms with Gasteiger partial charge in [-0.25, -0.2) is 0 Å². The first-order valence-electron chi connectivity index (χ1n) is 6.82. The highest BCUT2D eigenvalue weighted by molar-refractivity contribution is 6.30. The summed E-state index contributed by atoms with van der Waals surface area (Å²) in [6.07, 6.45) is 2.68. The number of halogens is 1. The molecule has 1 saturated carbocycles. The fourth-order valence-corrected chi connectivity index (χ4v) is 2.64. The molecule has 1 N–H and O–H groups in total. The fraction of sp³-hybridized carbons (Fsp3) is 0.294. The molecular weight excluding hydrogens is 254 g/mol. The van der Waals surface area contributed by atoms with E-state index in [0.29, 0.717) is 0 Å². The quantitative estimate of drug-likeness (QED) is 0.812. The van der Waals surface area contributed by atoms with E-state index in [-0.39, 0.29) is 0 Å². The smallest absolute Gasteiger partial charge is 0.0426 e. The molecule has 19 heavy (non-hydrogen) atoms. The zero-order chi connectivity index (χ0) is 13.2. The second kappa shape index (κ2) is 5.26. The van der Waals surface area contributed by atoms with Crippen molar-refractivity contribution in [3.05, 3.63) is 64.2 Å². The molecule has 0 unspecified atom stereocenters. The van der Waals surface area contributed by atoms with Crippen LogP contribution in [0.1, 0.15) is 35.4 Å². The van der Waals surface area contributed by atoms with Crippen molar-refractivity contribution in [2.75, 3.05) is 5.32 Å². The molecule has 0 atom stereocenters. The molecule has 0 spiro atoms. The minimum atomic E-state index is 0.781. The summed E-state index contributed by atoms with van der Waals surface area (Å²) in [7, 11) is 0. The minimum Gasteiger partial charge on any atom is -0.381 e. The number of hydrogen-bond acceptors (Lipinski definition) is 1. The van der Waals surface area contributed by atoms with Crippen molar-refractivity contribution < 1.29 is 0 Å². The van der Waals surface area contributed by atoms with E-state index in [1.165, 1.54) is 29.5 Å². The third-order valence-corrected chi connectivity index (χ3v) is 3.98. The lowest BCUT2D eigenvalue weighted by Crippen LogP contribution is -2.03. The molecule has 1 aliphatic rings. The predicted octanol–water partition coefficient (Wildman–Crippen LogP) is 5.14. The Morgan fingerprint density at radius 2 is 1.95 bits per heavy atom. The molecule has 3 rings (SSSR count). The van der Waals surface area contributed by atoms with Crippen molar-refractivity contribution in [1.29, 1.82) is 0 Å². The summed E-state index contributed by atoms with van der Waals surface area (Å²) in [6, 6.07) is 14.7. The Hall–Kier alpha value is -1.47. The lowest BCUT2D eigenvalue weighted by atomic mass is 10.0. The van der Waals surface area contributed by atoms with Crippen molar-refractivity contribution in [3.8, 4) is 0 Å². The van der Waals surface area contributed by atoms with Gasteiger partial charge in [-0.3, -0.25) is 0 Å². The van der Waals surface area contributed by atoms with Crippen LogP contribution < -0.4 is 5.32 Å². The molecule has 0 radical (unpaired) electrons. The molecule has 1 aliphatic carbocycles. The Bertz CT molecular complexity index is 588. The van der Waals surface area contributed by atoms with Crippen molar-refractivity contribution in [2.45, 2.75) is 32.2 Å². The number of aryl methyl sites for hydroxylation is 1. The van der Waals surface area contributed by atoms with Gasteiger partial charge in [-0.1, -0.05) is 41.9 Å². The van der Waals surface area contributed by atoms with Gasteiger partial charge in [-0.15, -0.1) is 0 Å². The van der Waals surface area contributed by atoms with Crippen LogP contribution in [-0.4, -0.2) is 0 Å². The highest BCUT2D eigenvalue weighted by atomic mass is 35.5. The monoisotopic (exact) mass is 271 g/mol. The standard InChI is InChI=1S/C17H18ClN/c1-12-6-9-15(18)10-17(12)19-11-14-4-2-3-5-16(14)13-7-8-13/h2-6,9-10,13,19H,7-8,11H2,1H3. The van der Waals surface area contributed by atoms with Crippen LogP contribution in [0.3, 0.4) is 0 Å². The summed E-state index contributed by atoms with van der Waals surface area (Å²) < 4.78 is 0. The van der Waals surface area contributed by atoms with Crippen molar-refractivity contribution in [1.82, 2.24) is 0 Å². The average molecular weight is 272 g/mol. The Morgan fingerprint density at radius 1 is 1.16 bits per heavy atom. The number of anilines is 1. The summed E-state index contributed by atoms with van der Waals surface area (Å²) >= 11 is 6.05. The van der Waals surface area contributed by atoms with Crippen LogP contribution in [0.5, 0.6) is 0 Å². The van der Waals surface area contributed by atoms with E-state index in [0.717, 1.165) is 23.2 Å². The van der Waals surface area contributed by atoms with E-state index in [4.69, 9.17) is 11.6 Å². The van der Waals surface area contributed by atoms with E-state index in [2.05, 4.69) is 42.6 Å². The summed E-state index contributed by atoms with van der Waals surface area (Å²) in [5.41, 5.74) is 5.27. The van der Waals surface area contributed by atoms with Gasteiger partial charge in [0.1, 0.15) is 0 Å². The molecule has 0 aliphatic heterocycles. The van der Waals surface area contributed by atoms with Crippen molar-refractivity contribution >= 4 is 17.3 Å². The third kappa shape index (κ3) is 2.93. The Kier molecular flexibility index (Phi) is 3.48. The Labute approximate surface area is 119 Å². The lowest BCUT2D eigenvalue weighted by molar-refractivity contribution is 1.03. The van der Waals surface area contributed by atoms with E-state index in [1.807, 2.05) is 12.1 Å². The van der Waals surface area contributed by atoms with Gasteiger partial charge in [0.2, 0.25) is 0 Å². The van der Waals surface area contributed by atoms with Crippen molar-refractivity contribution in [2.24, 2.45) is 0 Å². The SMILES string of the molecule is Cc1ccc(Cl)cc1NCc1ccccc1C1CC1. The van der Waals surface area contributed by atoms with Crippen LogP contribution in [0.2, 0.25) is 5.02 Å². The van der Waals surface area contributed by atoms with Crippen LogP contribution in [-0.2, 0) is 6.54 Å². The second-order valence-corrected chi connectivity index (χ2v) is 5.72. The van der Waals surface area contributed by atoms with Gasteiger partial charge in [0.15, 0.2) is 0 Å². The molecule has 1 nitrogen and oxygen atoms in total. The van der Waals surface area contributed by atoms with Gasteiger partial charge in [0.05, 0.1) is 0 Å². The number of benzene rings is 2. The van der Waals surface area contributed by atoms with Gasteiger partial charge >= 0.3 is 0 Å². The fourth-order valence-electron chi connectivity index (χ4n) is 2.46. The first-order valence-corrected chi connectivity index (χ1v) is 7.19.